The fourth-order valence-electron chi connectivity index (χ4n) is 2.92. The Hall–Kier alpha value is -2.69. The highest BCUT2D eigenvalue weighted by molar-refractivity contribution is 5.87. The van der Waals surface area contributed by atoms with Crippen molar-refractivity contribution in [1.29, 1.82) is 0 Å². The van der Waals surface area contributed by atoms with E-state index in [2.05, 4.69) is 5.32 Å². The van der Waals surface area contributed by atoms with Crippen molar-refractivity contribution in [2.24, 2.45) is 0 Å². The SMILES string of the molecule is Cc1ccc(CCC(=O)N(Cc2ccc(F)cc2)[C@H](C)C(=O)NC(C)C)cc1. The molecule has 0 saturated heterocycles. The number of aryl methyl sites for hydroxylation is 2. The van der Waals surface area contributed by atoms with Gasteiger partial charge >= 0.3 is 0 Å². The molecule has 2 aromatic rings. The Bertz CT molecular complexity index is 785. The van der Waals surface area contributed by atoms with Gasteiger partial charge in [0.1, 0.15) is 11.9 Å². The predicted octanol–water partition coefficient (Wildman–Crippen LogP) is 4.01. The zero-order valence-electron chi connectivity index (χ0n) is 17.0. The Morgan fingerprint density at radius 2 is 1.54 bits per heavy atom. The molecule has 0 heterocycles. The van der Waals surface area contributed by atoms with Gasteiger partial charge in [0.25, 0.3) is 0 Å². The van der Waals surface area contributed by atoms with Crippen LogP contribution >= 0.6 is 0 Å². The molecule has 0 radical (unpaired) electrons. The molecule has 5 heteroatoms. The van der Waals surface area contributed by atoms with Gasteiger partial charge in [0, 0.05) is 19.0 Å². The zero-order valence-corrected chi connectivity index (χ0v) is 17.0. The van der Waals surface area contributed by atoms with Gasteiger partial charge < -0.3 is 10.2 Å². The molecule has 0 aliphatic rings. The summed E-state index contributed by atoms with van der Waals surface area (Å²) in [5.41, 5.74) is 3.04. The first-order valence-electron chi connectivity index (χ1n) is 9.66. The van der Waals surface area contributed by atoms with Crippen LogP contribution in [0.15, 0.2) is 48.5 Å². The van der Waals surface area contributed by atoms with E-state index in [0.29, 0.717) is 12.8 Å². The lowest BCUT2D eigenvalue weighted by Gasteiger charge is -2.29. The molecule has 0 aromatic heterocycles. The van der Waals surface area contributed by atoms with Gasteiger partial charge in [0.2, 0.25) is 11.8 Å². The maximum atomic E-state index is 13.2. The standard InChI is InChI=1S/C23H29FN2O2/c1-16(2)25-23(28)18(4)26(15-20-9-12-21(24)13-10-20)22(27)14-11-19-7-5-17(3)6-8-19/h5-10,12-13,16,18H,11,14-15H2,1-4H3,(H,25,28)/t18-/m1/s1. The smallest absolute Gasteiger partial charge is 0.242 e. The lowest BCUT2D eigenvalue weighted by atomic mass is 10.1. The molecule has 0 bridgehead atoms. The molecule has 2 amide bonds. The average molecular weight is 384 g/mol. The third-order valence-electron chi connectivity index (χ3n) is 4.61. The fraction of sp³-hybridized carbons (Fsp3) is 0.391. The number of halogens is 1. The summed E-state index contributed by atoms with van der Waals surface area (Å²) in [5.74, 6) is -0.622. The van der Waals surface area contributed by atoms with Gasteiger partial charge in [-0.1, -0.05) is 42.0 Å². The number of hydrogen-bond donors (Lipinski definition) is 1. The number of rotatable bonds is 8. The summed E-state index contributed by atoms with van der Waals surface area (Å²) < 4.78 is 13.2. The normalized spacial score (nSPS) is 11.9. The van der Waals surface area contributed by atoms with Crippen LogP contribution in [0.25, 0.3) is 0 Å². The van der Waals surface area contributed by atoms with Crippen LogP contribution in [0, 0.1) is 12.7 Å². The summed E-state index contributed by atoms with van der Waals surface area (Å²) in [6.45, 7) is 7.78. The molecule has 2 rings (SSSR count). The van der Waals surface area contributed by atoms with Crippen molar-refractivity contribution in [2.45, 2.75) is 59.2 Å². The third-order valence-corrected chi connectivity index (χ3v) is 4.61. The minimum absolute atomic E-state index is 0.00900. The highest BCUT2D eigenvalue weighted by Gasteiger charge is 2.26. The molecule has 0 unspecified atom stereocenters. The molecule has 4 nitrogen and oxygen atoms in total. The Morgan fingerprint density at radius 3 is 2.11 bits per heavy atom. The highest BCUT2D eigenvalue weighted by atomic mass is 19.1. The van der Waals surface area contributed by atoms with E-state index in [1.807, 2.05) is 45.0 Å². The molecule has 1 N–H and O–H groups in total. The average Bonchev–Trinajstić information content (AvgIpc) is 2.65. The van der Waals surface area contributed by atoms with Crippen molar-refractivity contribution in [3.63, 3.8) is 0 Å². The molecule has 28 heavy (non-hydrogen) atoms. The molecule has 2 aromatic carbocycles. The Labute approximate surface area is 166 Å². The third kappa shape index (κ3) is 6.48. The van der Waals surface area contributed by atoms with Crippen molar-refractivity contribution < 1.29 is 14.0 Å². The van der Waals surface area contributed by atoms with Crippen LogP contribution in [0.5, 0.6) is 0 Å². The van der Waals surface area contributed by atoms with E-state index in [9.17, 15) is 14.0 Å². The Kier molecular flexibility index (Phi) is 7.73. The van der Waals surface area contributed by atoms with E-state index in [0.717, 1.165) is 11.1 Å². The minimum Gasteiger partial charge on any atom is -0.352 e. The van der Waals surface area contributed by atoms with Crippen LogP contribution in [0.3, 0.4) is 0 Å². The molecule has 0 saturated carbocycles. The molecule has 1 atom stereocenters. The second kappa shape index (κ2) is 10.0. The van der Waals surface area contributed by atoms with E-state index in [4.69, 9.17) is 0 Å². The van der Waals surface area contributed by atoms with Gasteiger partial charge in [0.05, 0.1) is 0 Å². The maximum Gasteiger partial charge on any atom is 0.242 e. The van der Waals surface area contributed by atoms with Gasteiger partial charge in [-0.15, -0.1) is 0 Å². The predicted molar refractivity (Wildman–Crippen MR) is 109 cm³/mol. The largest absolute Gasteiger partial charge is 0.352 e. The van der Waals surface area contributed by atoms with Crippen LogP contribution in [-0.4, -0.2) is 28.8 Å². The van der Waals surface area contributed by atoms with Crippen molar-refractivity contribution in [3.8, 4) is 0 Å². The first-order valence-corrected chi connectivity index (χ1v) is 9.66. The lowest BCUT2D eigenvalue weighted by molar-refractivity contribution is -0.140. The lowest BCUT2D eigenvalue weighted by Crippen LogP contribution is -2.49. The van der Waals surface area contributed by atoms with E-state index >= 15 is 0 Å². The van der Waals surface area contributed by atoms with Gasteiger partial charge in [-0.05, 0) is 57.4 Å². The van der Waals surface area contributed by atoms with E-state index in [1.165, 1.54) is 17.7 Å². The van der Waals surface area contributed by atoms with Gasteiger partial charge in [-0.3, -0.25) is 9.59 Å². The summed E-state index contributed by atoms with van der Waals surface area (Å²) in [6.07, 6.45) is 0.918. The monoisotopic (exact) mass is 384 g/mol. The van der Waals surface area contributed by atoms with Crippen LogP contribution in [0.1, 0.15) is 43.9 Å². The van der Waals surface area contributed by atoms with E-state index in [-0.39, 0.29) is 30.2 Å². The second-order valence-corrected chi connectivity index (χ2v) is 7.47. The Morgan fingerprint density at radius 1 is 0.964 bits per heavy atom. The van der Waals surface area contributed by atoms with Crippen LogP contribution in [-0.2, 0) is 22.6 Å². The quantitative estimate of drug-likeness (QED) is 0.748. The van der Waals surface area contributed by atoms with Crippen molar-refractivity contribution in [2.75, 3.05) is 0 Å². The van der Waals surface area contributed by atoms with Crippen molar-refractivity contribution in [3.05, 3.63) is 71.0 Å². The van der Waals surface area contributed by atoms with Crippen LogP contribution < -0.4 is 5.32 Å². The van der Waals surface area contributed by atoms with Gasteiger partial charge in [-0.2, -0.15) is 0 Å². The van der Waals surface area contributed by atoms with Gasteiger partial charge in [-0.25, -0.2) is 4.39 Å². The summed E-state index contributed by atoms with van der Waals surface area (Å²) in [5, 5.41) is 2.86. The molecule has 0 aliphatic carbocycles. The number of carbonyl (C=O) groups excluding carboxylic acids is 2. The van der Waals surface area contributed by atoms with Crippen molar-refractivity contribution in [1.82, 2.24) is 10.2 Å². The minimum atomic E-state index is -0.613. The number of amides is 2. The van der Waals surface area contributed by atoms with Crippen molar-refractivity contribution >= 4 is 11.8 Å². The van der Waals surface area contributed by atoms with E-state index < -0.39 is 6.04 Å². The first kappa shape index (κ1) is 21.6. The summed E-state index contributed by atoms with van der Waals surface area (Å²) in [6, 6.07) is 13.5. The van der Waals surface area contributed by atoms with Crippen LogP contribution in [0.2, 0.25) is 0 Å². The molecular formula is C23H29FN2O2. The summed E-state index contributed by atoms with van der Waals surface area (Å²) in [4.78, 5) is 27.0. The fourth-order valence-corrected chi connectivity index (χ4v) is 2.92. The highest BCUT2D eigenvalue weighted by Crippen LogP contribution is 2.14. The summed E-state index contributed by atoms with van der Waals surface area (Å²) >= 11 is 0. The number of nitrogens with one attached hydrogen (secondary N) is 1. The first-order chi connectivity index (χ1) is 13.3. The number of carbonyl (C=O) groups is 2. The second-order valence-electron chi connectivity index (χ2n) is 7.47. The molecule has 0 aliphatic heterocycles. The molecule has 0 fully saturated rings. The van der Waals surface area contributed by atoms with Crippen LogP contribution in [0.4, 0.5) is 4.39 Å². The number of nitrogens with zero attached hydrogens (tertiary/aromatic N) is 1. The molecular weight excluding hydrogens is 355 g/mol. The van der Waals surface area contributed by atoms with Gasteiger partial charge in [0.15, 0.2) is 0 Å². The topological polar surface area (TPSA) is 49.4 Å². The zero-order chi connectivity index (χ0) is 20.7. The maximum absolute atomic E-state index is 13.2. The summed E-state index contributed by atoms with van der Waals surface area (Å²) in [7, 11) is 0. The Balaban J connectivity index is 2.12. The number of hydrogen-bond acceptors (Lipinski definition) is 2. The number of benzene rings is 2. The molecule has 0 spiro atoms. The van der Waals surface area contributed by atoms with E-state index in [1.54, 1.807) is 24.0 Å². The molecule has 150 valence electrons.